The van der Waals surface area contributed by atoms with E-state index in [0.29, 0.717) is 12.3 Å². The molecule has 2 N–H and O–H groups in total. The van der Waals surface area contributed by atoms with Crippen molar-refractivity contribution >= 4 is 21.6 Å². The van der Waals surface area contributed by atoms with Gasteiger partial charge in [0.2, 0.25) is 10.0 Å². The molecule has 7 heteroatoms. The van der Waals surface area contributed by atoms with Crippen LogP contribution in [-0.4, -0.2) is 35.2 Å². The second kappa shape index (κ2) is 7.69. The Morgan fingerprint density at radius 1 is 1.32 bits per heavy atom. The maximum atomic E-state index is 12.0. The van der Waals surface area contributed by atoms with Gasteiger partial charge in [-0.1, -0.05) is 18.5 Å². The minimum absolute atomic E-state index is 0.141. The Morgan fingerprint density at radius 2 is 2.05 bits per heavy atom. The number of hydrogen-bond donors (Lipinski definition) is 2. The summed E-state index contributed by atoms with van der Waals surface area (Å²) in [7, 11) is -2.03. The highest BCUT2D eigenvalue weighted by Gasteiger charge is 2.15. The molecule has 0 aliphatic heterocycles. The quantitative estimate of drug-likeness (QED) is 0.716. The highest BCUT2D eigenvalue weighted by Crippen LogP contribution is 2.26. The predicted molar refractivity (Wildman–Crippen MR) is 76.4 cm³/mol. The molecule has 0 spiro atoms. The summed E-state index contributed by atoms with van der Waals surface area (Å²) in [5.41, 5.74) is 0. The normalized spacial score (nSPS) is 11.5. The molecule has 5 nitrogen and oxygen atoms in total. The molecule has 0 saturated heterocycles. The maximum absolute atomic E-state index is 12.0. The first-order valence-corrected chi connectivity index (χ1v) is 7.91. The third-order valence-electron chi connectivity index (χ3n) is 2.51. The van der Waals surface area contributed by atoms with Crippen LogP contribution >= 0.6 is 11.6 Å². The van der Waals surface area contributed by atoms with Gasteiger partial charge in [0.15, 0.2) is 0 Å². The van der Waals surface area contributed by atoms with Crippen LogP contribution < -0.4 is 14.8 Å². The van der Waals surface area contributed by atoms with Crippen LogP contribution in [0.4, 0.5) is 0 Å². The summed E-state index contributed by atoms with van der Waals surface area (Å²) >= 11 is 5.91. The van der Waals surface area contributed by atoms with Gasteiger partial charge in [0.05, 0.1) is 17.0 Å². The molecule has 1 aromatic carbocycles. The Morgan fingerprint density at radius 3 is 2.63 bits per heavy atom. The van der Waals surface area contributed by atoms with E-state index >= 15 is 0 Å². The third kappa shape index (κ3) is 4.99. The van der Waals surface area contributed by atoms with Crippen LogP contribution in [0.2, 0.25) is 5.02 Å². The lowest BCUT2D eigenvalue weighted by atomic mass is 10.3. The van der Waals surface area contributed by atoms with E-state index in [2.05, 4.69) is 10.0 Å². The lowest BCUT2D eigenvalue weighted by Crippen LogP contribution is -2.27. The van der Waals surface area contributed by atoms with Crippen molar-refractivity contribution in [1.29, 1.82) is 0 Å². The van der Waals surface area contributed by atoms with Gasteiger partial charge in [-0.25, -0.2) is 13.1 Å². The second-order valence-electron chi connectivity index (χ2n) is 3.90. The van der Waals surface area contributed by atoms with Gasteiger partial charge >= 0.3 is 0 Å². The molecular weight excluding hydrogens is 288 g/mol. The fourth-order valence-corrected chi connectivity index (χ4v) is 2.92. The number of rotatable bonds is 8. The van der Waals surface area contributed by atoms with E-state index in [-0.39, 0.29) is 9.92 Å². The van der Waals surface area contributed by atoms with Crippen LogP contribution in [0, 0.1) is 0 Å². The summed E-state index contributed by atoms with van der Waals surface area (Å²) in [6, 6.07) is 4.39. The van der Waals surface area contributed by atoms with Crippen molar-refractivity contribution < 1.29 is 13.2 Å². The molecule has 0 fully saturated rings. The third-order valence-corrected chi connectivity index (χ3v) is 4.26. The molecular formula is C12H19ClN2O3S. The molecule has 0 unspecified atom stereocenters. The smallest absolute Gasteiger partial charge is 0.240 e. The molecule has 1 aromatic rings. The Bertz CT molecular complexity index is 506. The summed E-state index contributed by atoms with van der Waals surface area (Å²) < 4.78 is 31.5. The molecule has 0 amide bonds. The first-order valence-electron chi connectivity index (χ1n) is 6.05. The molecule has 0 atom stereocenters. The molecule has 19 heavy (non-hydrogen) atoms. The Kier molecular flexibility index (Phi) is 6.57. The van der Waals surface area contributed by atoms with E-state index in [1.165, 1.54) is 25.3 Å². The summed E-state index contributed by atoms with van der Waals surface area (Å²) in [4.78, 5) is 0.141. The van der Waals surface area contributed by atoms with Crippen molar-refractivity contribution in [2.24, 2.45) is 0 Å². The zero-order valence-corrected chi connectivity index (χ0v) is 12.6. The molecule has 0 heterocycles. The number of methoxy groups -OCH3 is 1. The highest BCUT2D eigenvalue weighted by atomic mass is 35.5. The maximum Gasteiger partial charge on any atom is 0.240 e. The predicted octanol–water partition coefficient (Wildman–Crippen LogP) is 1.63. The monoisotopic (exact) mass is 306 g/mol. The highest BCUT2D eigenvalue weighted by molar-refractivity contribution is 7.89. The first-order chi connectivity index (χ1) is 9.01. The van der Waals surface area contributed by atoms with Gasteiger partial charge in [-0.2, -0.15) is 0 Å². The van der Waals surface area contributed by atoms with Gasteiger partial charge < -0.3 is 10.1 Å². The van der Waals surface area contributed by atoms with Crippen molar-refractivity contribution in [2.45, 2.75) is 18.2 Å². The fourth-order valence-electron chi connectivity index (χ4n) is 1.49. The first kappa shape index (κ1) is 16.2. The summed E-state index contributed by atoms with van der Waals surface area (Å²) in [6.45, 7) is 4.05. The van der Waals surface area contributed by atoms with Crippen LogP contribution in [0.5, 0.6) is 5.75 Å². The lowest BCUT2D eigenvalue weighted by molar-refractivity contribution is 0.414. The van der Waals surface area contributed by atoms with E-state index < -0.39 is 10.0 Å². The number of nitrogens with one attached hydrogen (secondary N) is 2. The average Bonchev–Trinajstić information content (AvgIpc) is 2.38. The molecule has 1 rings (SSSR count). The standard InChI is InChI=1S/C12H19ClN2O3S/c1-3-14-7-4-8-15-19(16,17)10-5-6-12(18-2)11(13)9-10/h5-6,9,14-15H,3-4,7-8H2,1-2H3. The van der Waals surface area contributed by atoms with Crippen LogP contribution in [0.15, 0.2) is 23.1 Å². The van der Waals surface area contributed by atoms with E-state index in [4.69, 9.17) is 16.3 Å². The van der Waals surface area contributed by atoms with Gasteiger partial charge in [-0.05, 0) is 37.7 Å². The number of halogens is 1. The van der Waals surface area contributed by atoms with Crippen molar-refractivity contribution in [2.75, 3.05) is 26.7 Å². The molecule has 0 aliphatic rings. The Labute approximate surface area is 119 Å². The SMILES string of the molecule is CCNCCCNS(=O)(=O)c1ccc(OC)c(Cl)c1. The topological polar surface area (TPSA) is 67.4 Å². The van der Waals surface area contributed by atoms with Crippen LogP contribution in [0.1, 0.15) is 13.3 Å². The summed E-state index contributed by atoms with van der Waals surface area (Å²) in [6.07, 6.45) is 0.733. The van der Waals surface area contributed by atoms with Gasteiger partial charge in [0.25, 0.3) is 0 Å². The largest absolute Gasteiger partial charge is 0.495 e. The van der Waals surface area contributed by atoms with E-state index in [1.807, 2.05) is 6.92 Å². The number of sulfonamides is 1. The molecule has 0 aromatic heterocycles. The zero-order chi connectivity index (χ0) is 14.3. The average molecular weight is 307 g/mol. The van der Waals surface area contributed by atoms with Gasteiger partial charge in [-0.3, -0.25) is 0 Å². The lowest BCUT2D eigenvalue weighted by Gasteiger charge is -2.09. The number of benzene rings is 1. The van der Waals surface area contributed by atoms with Crippen LogP contribution in [-0.2, 0) is 10.0 Å². The van der Waals surface area contributed by atoms with Crippen LogP contribution in [0.25, 0.3) is 0 Å². The number of ether oxygens (including phenoxy) is 1. The van der Waals surface area contributed by atoms with Crippen LogP contribution in [0.3, 0.4) is 0 Å². The second-order valence-corrected chi connectivity index (χ2v) is 6.08. The van der Waals surface area contributed by atoms with Crippen molar-refractivity contribution in [1.82, 2.24) is 10.0 Å². The molecule has 0 saturated carbocycles. The van der Waals surface area contributed by atoms with Crippen molar-refractivity contribution in [3.05, 3.63) is 23.2 Å². The summed E-state index contributed by atoms with van der Waals surface area (Å²) in [5.74, 6) is 0.452. The van der Waals surface area contributed by atoms with E-state index in [9.17, 15) is 8.42 Å². The Hall–Kier alpha value is -0.820. The molecule has 108 valence electrons. The van der Waals surface area contributed by atoms with Gasteiger partial charge in [0.1, 0.15) is 5.75 Å². The minimum Gasteiger partial charge on any atom is -0.495 e. The molecule has 0 bridgehead atoms. The zero-order valence-electron chi connectivity index (χ0n) is 11.1. The summed E-state index contributed by atoms with van der Waals surface area (Å²) in [5, 5.41) is 3.40. The number of hydrogen-bond acceptors (Lipinski definition) is 4. The molecule has 0 radical (unpaired) electrons. The van der Waals surface area contributed by atoms with Crippen molar-refractivity contribution in [3.8, 4) is 5.75 Å². The van der Waals surface area contributed by atoms with Gasteiger partial charge in [0, 0.05) is 6.54 Å². The minimum atomic E-state index is -3.51. The van der Waals surface area contributed by atoms with Crippen molar-refractivity contribution in [3.63, 3.8) is 0 Å². The van der Waals surface area contributed by atoms with E-state index in [0.717, 1.165) is 19.5 Å². The molecule has 0 aliphatic carbocycles. The van der Waals surface area contributed by atoms with E-state index in [1.54, 1.807) is 0 Å². The van der Waals surface area contributed by atoms with Gasteiger partial charge in [-0.15, -0.1) is 0 Å². The Balaban J connectivity index is 2.64. The fraction of sp³-hybridized carbons (Fsp3) is 0.500.